The van der Waals surface area contributed by atoms with E-state index >= 15 is 0 Å². The molecule has 0 bridgehead atoms. The predicted molar refractivity (Wildman–Crippen MR) is 90.8 cm³/mol. The van der Waals surface area contributed by atoms with Crippen molar-refractivity contribution in [1.82, 2.24) is 5.43 Å². The molecule has 0 fully saturated rings. The van der Waals surface area contributed by atoms with E-state index in [-0.39, 0.29) is 6.04 Å². The normalized spacial score (nSPS) is 12.3. The Morgan fingerprint density at radius 3 is 2.55 bits per heavy atom. The molecule has 0 aliphatic heterocycles. The Kier molecular flexibility index (Phi) is 6.10. The molecule has 2 rings (SSSR count). The molecular formula is C16H19BrN2S. The Hall–Kier alpha value is -0.810. The molecule has 0 aromatic heterocycles. The highest BCUT2D eigenvalue weighted by atomic mass is 79.9. The van der Waals surface area contributed by atoms with Crippen LogP contribution in [-0.2, 0) is 6.42 Å². The van der Waals surface area contributed by atoms with Crippen LogP contribution >= 0.6 is 27.7 Å². The van der Waals surface area contributed by atoms with Crippen LogP contribution in [0.3, 0.4) is 0 Å². The maximum absolute atomic E-state index is 5.70. The molecule has 2 aromatic carbocycles. The van der Waals surface area contributed by atoms with E-state index in [0.29, 0.717) is 0 Å². The Morgan fingerprint density at radius 2 is 1.95 bits per heavy atom. The maximum atomic E-state index is 5.70. The first kappa shape index (κ1) is 15.6. The highest BCUT2D eigenvalue weighted by Crippen LogP contribution is 2.26. The topological polar surface area (TPSA) is 38.0 Å². The molecule has 0 saturated carbocycles. The van der Waals surface area contributed by atoms with E-state index in [0.717, 1.165) is 16.6 Å². The first-order chi connectivity index (χ1) is 9.72. The lowest BCUT2D eigenvalue weighted by Crippen LogP contribution is -2.29. The fraction of sp³-hybridized carbons (Fsp3) is 0.250. The second-order valence-electron chi connectivity index (χ2n) is 4.58. The smallest absolute Gasteiger partial charge is 0.0553 e. The van der Waals surface area contributed by atoms with Crippen LogP contribution in [0.1, 0.15) is 24.1 Å². The van der Waals surface area contributed by atoms with Gasteiger partial charge in [0, 0.05) is 15.1 Å². The van der Waals surface area contributed by atoms with Crippen molar-refractivity contribution < 1.29 is 0 Å². The lowest BCUT2D eigenvalue weighted by atomic mass is 10.1. The number of hydrogen-bond acceptors (Lipinski definition) is 3. The Bertz CT molecular complexity index is 542. The van der Waals surface area contributed by atoms with Gasteiger partial charge in [-0.25, -0.2) is 0 Å². The van der Waals surface area contributed by atoms with E-state index in [4.69, 9.17) is 5.84 Å². The van der Waals surface area contributed by atoms with Gasteiger partial charge < -0.3 is 0 Å². The monoisotopic (exact) mass is 350 g/mol. The lowest BCUT2D eigenvalue weighted by Gasteiger charge is -2.16. The summed E-state index contributed by atoms with van der Waals surface area (Å²) in [5, 5.41) is 0. The number of benzene rings is 2. The van der Waals surface area contributed by atoms with Crippen molar-refractivity contribution >= 4 is 27.7 Å². The molecule has 0 radical (unpaired) electrons. The number of hydrazine groups is 1. The minimum Gasteiger partial charge on any atom is -0.271 e. The van der Waals surface area contributed by atoms with Crippen molar-refractivity contribution in [1.29, 1.82) is 0 Å². The van der Waals surface area contributed by atoms with Gasteiger partial charge in [0.2, 0.25) is 0 Å². The molecule has 2 aromatic rings. The van der Waals surface area contributed by atoms with Crippen molar-refractivity contribution in [3.8, 4) is 0 Å². The van der Waals surface area contributed by atoms with Gasteiger partial charge in [-0.2, -0.15) is 0 Å². The molecule has 2 nitrogen and oxygen atoms in total. The van der Waals surface area contributed by atoms with Gasteiger partial charge in [0.05, 0.1) is 6.04 Å². The minimum atomic E-state index is 0.157. The molecule has 106 valence electrons. The summed E-state index contributed by atoms with van der Waals surface area (Å²) in [6.07, 6.45) is 1.06. The summed E-state index contributed by atoms with van der Waals surface area (Å²) >= 11 is 5.29. The fourth-order valence-electron chi connectivity index (χ4n) is 1.96. The summed E-state index contributed by atoms with van der Waals surface area (Å²) in [6.45, 7) is 2.16. The van der Waals surface area contributed by atoms with Crippen LogP contribution in [0.15, 0.2) is 57.9 Å². The molecule has 0 heterocycles. The first-order valence-corrected chi connectivity index (χ1v) is 8.44. The van der Waals surface area contributed by atoms with Gasteiger partial charge in [-0.05, 0) is 35.7 Å². The molecule has 1 atom stereocenters. The zero-order valence-corrected chi connectivity index (χ0v) is 13.9. The van der Waals surface area contributed by atoms with E-state index in [2.05, 4.69) is 64.7 Å². The highest BCUT2D eigenvalue weighted by Gasteiger charge is 2.10. The van der Waals surface area contributed by atoms with Crippen LogP contribution in [0.2, 0.25) is 0 Å². The largest absolute Gasteiger partial charge is 0.271 e. The van der Waals surface area contributed by atoms with Gasteiger partial charge in [0.15, 0.2) is 0 Å². The van der Waals surface area contributed by atoms with Crippen LogP contribution in [-0.4, -0.2) is 5.75 Å². The number of halogens is 1. The summed E-state index contributed by atoms with van der Waals surface area (Å²) in [5.74, 6) is 6.60. The fourth-order valence-corrected chi connectivity index (χ4v) is 3.55. The Labute approximate surface area is 133 Å². The van der Waals surface area contributed by atoms with E-state index in [1.54, 1.807) is 11.8 Å². The number of aryl methyl sites for hydroxylation is 1. The molecule has 0 spiro atoms. The van der Waals surface area contributed by atoms with Gasteiger partial charge in [-0.1, -0.05) is 53.2 Å². The first-order valence-electron chi connectivity index (χ1n) is 6.66. The highest BCUT2D eigenvalue weighted by molar-refractivity contribution is 9.10. The summed E-state index contributed by atoms with van der Waals surface area (Å²) in [4.78, 5) is 1.24. The van der Waals surface area contributed by atoms with Crippen molar-refractivity contribution in [3.63, 3.8) is 0 Å². The number of nitrogens with two attached hydrogens (primary N) is 1. The second-order valence-corrected chi connectivity index (χ2v) is 6.59. The van der Waals surface area contributed by atoms with Crippen LogP contribution < -0.4 is 11.3 Å². The van der Waals surface area contributed by atoms with Crippen LogP contribution in [0.5, 0.6) is 0 Å². The van der Waals surface area contributed by atoms with Gasteiger partial charge in [-0.15, -0.1) is 11.8 Å². The third kappa shape index (κ3) is 4.35. The van der Waals surface area contributed by atoms with Crippen molar-refractivity contribution in [2.75, 3.05) is 5.75 Å². The molecule has 3 N–H and O–H groups in total. The molecule has 1 unspecified atom stereocenters. The summed E-state index contributed by atoms with van der Waals surface area (Å²) < 4.78 is 1.10. The van der Waals surface area contributed by atoms with Gasteiger partial charge in [0.25, 0.3) is 0 Å². The number of rotatable bonds is 6. The quantitative estimate of drug-likeness (QED) is 0.463. The molecule has 4 heteroatoms. The van der Waals surface area contributed by atoms with Crippen molar-refractivity contribution in [2.24, 2.45) is 5.84 Å². The molecule has 0 aliphatic carbocycles. The lowest BCUT2D eigenvalue weighted by molar-refractivity contribution is 0.610. The zero-order chi connectivity index (χ0) is 14.4. The number of hydrogen-bond donors (Lipinski definition) is 2. The molecule has 0 aliphatic rings. The summed E-state index contributed by atoms with van der Waals surface area (Å²) in [6, 6.07) is 17.1. The van der Waals surface area contributed by atoms with Crippen LogP contribution in [0.4, 0.5) is 0 Å². The third-order valence-corrected chi connectivity index (χ3v) is 4.78. The molecular weight excluding hydrogens is 332 g/mol. The van der Waals surface area contributed by atoms with Gasteiger partial charge in [0.1, 0.15) is 0 Å². The van der Waals surface area contributed by atoms with E-state index in [1.165, 1.54) is 16.0 Å². The van der Waals surface area contributed by atoms with Crippen LogP contribution in [0.25, 0.3) is 0 Å². The number of thioether (sulfide) groups is 1. The van der Waals surface area contributed by atoms with Crippen molar-refractivity contribution in [3.05, 3.63) is 64.1 Å². The maximum Gasteiger partial charge on any atom is 0.0553 e. The average Bonchev–Trinajstić information content (AvgIpc) is 2.48. The molecule has 20 heavy (non-hydrogen) atoms. The van der Waals surface area contributed by atoms with E-state index in [9.17, 15) is 0 Å². The summed E-state index contributed by atoms with van der Waals surface area (Å²) in [7, 11) is 0. The zero-order valence-electron chi connectivity index (χ0n) is 11.5. The van der Waals surface area contributed by atoms with Gasteiger partial charge in [-0.3, -0.25) is 11.3 Å². The second kappa shape index (κ2) is 7.84. The SMILES string of the molecule is CCc1ccc(C(CSc2cccc(Br)c2)NN)cc1. The predicted octanol–water partition coefficient (Wildman–Crippen LogP) is 4.31. The Balaban J connectivity index is 2.01. The minimum absolute atomic E-state index is 0.157. The average molecular weight is 351 g/mol. The molecule has 0 saturated heterocycles. The van der Waals surface area contributed by atoms with E-state index in [1.807, 2.05) is 12.1 Å². The van der Waals surface area contributed by atoms with Crippen molar-refractivity contribution in [2.45, 2.75) is 24.3 Å². The third-order valence-electron chi connectivity index (χ3n) is 3.20. The van der Waals surface area contributed by atoms with Gasteiger partial charge >= 0.3 is 0 Å². The molecule has 0 amide bonds. The van der Waals surface area contributed by atoms with Crippen LogP contribution in [0, 0.1) is 0 Å². The Morgan fingerprint density at radius 1 is 1.20 bits per heavy atom. The number of nitrogens with one attached hydrogen (secondary N) is 1. The van der Waals surface area contributed by atoms with E-state index < -0.39 is 0 Å². The summed E-state index contributed by atoms with van der Waals surface area (Å²) in [5.41, 5.74) is 5.49. The standard InChI is InChI=1S/C16H19BrN2S/c1-2-12-6-8-13(9-7-12)16(19-18)11-20-15-5-3-4-14(17)10-15/h3-10,16,19H,2,11,18H2,1H3.